The molecule has 1 atom stereocenters. The molecule has 1 aliphatic heterocycles. The second kappa shape index (κ2) is 12.5. The second-order valence-corrected chi connectivity index (χ2v) is 11.2. The van der Waals surface area contributed by atoms with Gasteiger partial charge in [0.25, 0.3) is 0 Å². The summed E-state index contributed by atoms with van der Waals surface area (Å²) in [4.78, 5) is 0. The van der Waals surface area contributed by atoms with Crippen molar-refractivity contribution >= 4 is 11.4 Å². The van der Waals surface area contributed by atoms with Crippen molar-refractivity contribution in [1.29, 1.82) is 0 Å². The van der Waals surface area contributed by atoms with Crippen LogP contribution in [0.3, 0.4) is 0 Å². The lowest BCUT2D eigenvalue weighted by atomic mass is 9.96. The van der Waals surface area contributed by atoms with Gasteiger partial charge in [0.1, 0.15) is 30.5 Å². The first-order chi connectivity index (χ1) is 20.9. The maximum Gasteiger partial charge on any atom is 0.132 e. The SMILES string of the molecule is Cc1ccc(C2CC(c3ccc(OCc4ccccc4)cc3OCc3ccc(F)cc3)=NN2c2cc(C)cc(C)c2)cc1. The summed E-state index contributed by atoms with van der Waals surface area (Å²) in [6.45, 7) is 7.09. The Hall–Kier alpha value is -4.90. The van der Waals surface area contributed by atoms with E-state index in [0.29, 0.717) is 31.1 Å². The van der Waals surface area contributed by atoms with Crippen molar-refractivity contribution < 1.29 is 13.9 Å². The van der Waals surface area contributed by atoms with Crippen LogP contribution in [0.1, 0.15) is 51.4 Å². The Morgan fingerprint density at radius 1 is 0.698 bits per heavy atom. The minimum absolute atomic E-state index is 0.0377. The minimum atomic E-state index is -0.269. The molecule has 0 amide bonds. The van der Waals surface area contributed by atoms with Crippen molar-refractivity contribution in [2.75, 3.05) is 5.01 Å². The molecular weight excluding hydrogens is 535 g/mol. The largest absolute Gasteiger partial charge is 0.489 e. The third kappa shape index (κ3) is 6.78. The first-order valence-electron chi connectivity index (χ1n) is 14.6. The Morgan fingerprint density at radius 3 is 2.09 bits per heavy atom. The van der Waals surface area contributed by atoms with Crippen LogP contribution in [0.15, 0.2) is 120 Å². The van der Waals surface area contributed by atoms with E-state index in [1.807, 2.05) is 48.5 Å². The normalized spacial score (nSPS) is 14.5. The molecule has 0 saturated heterocycles. The van der Waals surface area contributed by atoms with E-state index in [0.717, 1.165) is 28.1 Å². The molecular formula is C38H35FN2O2. The summed E-state index contributed by atoms with van der Waals surface area (Å²) in [6.07, 6.45) is 0.715. The number of anilines is 1. The summed E-state index contributed by atoms with van der Waals surface area (Å²) in [5.41, 5.74) is 9.72. The van der Waals surface area contributed by atoms with Crippen LogP contribution in [0.4, 0.5) is 10.1 Å². The van der Waals surface area contributed by atoms with E-state index in [4.69, 9.17) is 14.6 Å². The van der Waals surface area contributed by atoms with E-state index in [1.165, 1.54) is 34.4 Å². The zero-order valence-corrected chi connectivity index (χ0v) is 24.8. The molecule has 5 heteroatoms. The molecule has 0 saturated carbocycles. The predicted molar refractivity (Wildman–Crippen MR) is 171 cm³/mol. The fraction of sp³-hybridized carbons (Fsp3) is 0.184. The molecule has 0 aliphatic carbocycles. The van der Waals surface area contributed by atoms with Gasteiger partial charge >= 0.3 is 0 Å². The molecule has 0 N–H and O–H groups in total. The van der Waals surface area contributed by atoms with Crippen molar-refractivity contribution in [3.05, 3.63) is 160 Å². The number of halogens is 1. The highest BCUT2D eigenvalue weighted by molar-refractivity contribution is 6.05. The number of nitrogens with zero attached hydrogens (tertiary/aromatic N) is 2. The Morgan fingerprint density at radius 2 is 1.37 bits per heavy atom. The van der Waals surface area contributed by atoms with E-state index < -0.39 is 0 Å². The van der Waals surface area contributed by atoms with Gasteiger partial charge in [-0.15, -0.1) is 0 Å². The topological polar surface area (TPSA) is 34.1 Å². The maximum atomic E-state index is 13.5. The van der Waals surface area contributed by atoms with E-state index >= 15 is 0 Å². The van der Waals surface area contributed by atoms with Crippen LogP contribution in [0.2, 0.25) is 0 Å². The first-order valence-corrected chi connectivity index (χ1v) is 14.6. The highest BCUT2D eigenvalue weighted by atomic mass is 19.1. The monoisotopic (exact) mass is 570 g/mol. The van der Waals surface area contributed by atoms with Crippen molar-refractivity contribution in [3.63, 3.8) is 0 Å². The van der Waals surface area contributed by atoms with Crippen LogP contribution in [0.25, 0.3) is 0 Å². The number of benzene rings is 5. The lowest BCUT2D eigenvalue weighted by molar-refractivity contribution is 0.289. The number of hydrogen-bond acceptors (Lipinski definition) is 4. The molecule has 0 fully saturated rings. The number of hydrogen-bond donors (Lipinski definition) is 0. The highest BCUT2D eigenvalue weighted by Gasteiger charge is 2.31. The first kappa shape index (κ1) is 28.2. The second-order valence-electron chi connectivity index (χ2n) is 11.2. The Labute approximate surface area is 253 Å². The van der Waals surface area contributed by atoms with Crippen LogP contribution >= 0.6 is 0 Å². The van der Waals surface area contributed by atoms with Crippen LogP contribution < -0.4 is 14.5 Å². The average Bonchev–Trinajstić information content (AvgIpc) is 3.46. The average molecular weight is 571 g/mol. The molecule has 1 unspecified atom stereocenters. The van der Waals surface area contributed by atoms with Gasteiger partial charge < -0.3 is 9.47 Å². The van der Waals surface area contributed by atoms with Crippen molar-refractivity contribution in [2.45, 2.75) is 46.4 Å². The smallest absolute Gasteiger partial charge is 0.132 e. The van der Waals surface area contributed by atoms with E-state index in [9.17, 15) is 4.39 Å². The fourth-order valence-corrected chi connectivity index (χ4v) is 5.48. The molecule has 1 aliphatic rings. The van der Waals surface area contributed by atoms with Gasteiger partial charge in [0, 0.05) is 18.1 Å². The lowest BCUT2D eigenvalue weighted by Crippen LogP contribution is -2.18. The number of ether oxygens (including phenoxy) is 2. The van der Waals surface area contributed by atoms with Crippen LogP contribution in [0, 0.1) is 26.6 Å². The molecule has 216 valence electrons. The zero-order valence-electron chi connectivity index (χ0n) is 24.8. The minimum Gasteiger partial charge on any atom is -0.489 e. The third-order valence-electron chi connectivity index (χ3n) is 7.66. The quantitative estimate of drug-likeness (QED) is 0.177. The number of aryl methyl sites for hydroxylation is 3. The molecule has 5 aromatic carbocycles. The standard InChI is InChI=1S/C38H35FN2O2/c1-26-9-13-31(14-10-26)37-23-36(40-41(37)33-20-27(2)19-28(3)21-33)35-18-17-34(42-24-29-7-5-4-6-8-29)22-38(35)43-25-30-11-15-32(39)16-12-30/h4-22,37H,23-25H2,1-3H3. The van der Waals surface area contributed by atoms with Crippen LogP contribution in [0.5, 0.6) is 11.5 Å². The predicted octanol–water partition coefficient (Wildman–Crippen LogP) is 9.26. The molecule has 43 heavy (non-hydrogen) atoms. The summed E-state index contributed by atoms with van der Waals surface area (Å²) >= 11 is 0. The summed E-state index contributed by atoms with van der Waals surface area (Å²) in [5, 5.41) is 7.36. The molecule has 6 rings (SSSR count). The number of rotatable bonds is 9. The Kier molecular flexibility index (Phi) is 8.23. The van der Waals surface area contributed by atoms with Gasteiger partial charge in [-0.2, -0.15) is 5.10 Å². The Bertz CT molecular complexity index is 1710. The van der Waals surface area contributed by atoms with Crippen LogP contribution in [-0.4, -0.2) is 5.71 Å². The molecule has 5 aromatic rings. The van der Waals surface area contributed by atoms with Gasteiger partial charge in [0.2, 0.25) is 0 Å². The van der Waals surface area contributed by atoms with E-state index in [2.05, 4.69) is 68.2 Å². The van der Waals surface area contributed by atoms with Crippen molar-refractivity contribution in [1.82, 2.24) is 0 Å². The van der Waals surface area contributed by atoms with Gasteiger partial charge in [-0.3, -0.25) is 5.01 Å². The molecule has 0 spiro atoms. The molecule has 1 heterocycles. The maximum absolute atomic E-state index is 13.5. The molecule has 0 radical (unpaired) electrons. The van der Waals surface area contributed by atoms with Gasteiger partial charge in [-0.1, -0.05) is 78.4 Å². The fourth-order valence-electron chi connectivity index (χ4n) is 5.48. The van der Waals surface area contributed by atoms with Gasteiger partial charge in [-0.25, -0.2) is 4.39 Å². The van der Waals surface area contributed by atoms with Crippen LogP contribution in [-0.2, 0) is 13.2 Å². The van der Waals surface area contributed by atoms with Crippen molar-refractivity contribution in [2.24, 2.45) is 5.10 Å². The van der Waals surface area contributed by atoms with Crippen molar-refractivity contribution in [3.8, 4) is 11.5 Å². The summed E-state index contributed by atoms with van der Waals surface area (Å²) < 4.78 is 26.1. The summed E-state index contributed by atoms with van der Waals surface area (Å²) in [7, 11) is 0. The summed E-state index contributed by atoms with van der Waals surface area (Å²) in [5.74, 6) is 1.12. The van der Waals surface area contributed by atoms with E-state index in [1.54, 1.807) is 12.1 Å². The Balaban J connectivity index is 1.36. The van der Waals surface area contributed by atoms with E-state index in [-0.39, 0.29) is 11.9 Å². The van der Waals surface area contributed by atoms with Gasteiger partial charge in [-0.05, 0) is 85.0 Å². The molecule has 0 aromatic heterocycles. The number of hydrazone groups is 1. The summed E-state index contributed by atoms with van der Waals surface area (Å²) in [6, 6.07) is 37.7. The zero-order chi connectivity index (χ0) is 29.8. The highest BCUT2D eigenvalue weighted by Crippen LogP contribution is 2.40. The molecule has 4 nitrogen and oxygen atoms in total. The van der Waals surface area contributed by atoms with Gasteiger partial charge in [0.15, 0.2) is 0 Å². The third-order valence-corrected chi connectivity index (χ3v) is 7.66. The molecule has 0 bridgehead atoms. The van der Waals surface area contributed by atoms with Gasteiger partial charge in [0.05, 0.1) is 17.4 Å². The lowest BCUT2D eigenvalue weighted by Gasteiger charge is -2.25.